The van der Waals surface area contributed by atoms with E-state index in [1.807, 2.05) is 37.8 Å². The number of carbonyl (C=O) groups excluding carboxylic acids is 1. The van der Waals surface area contributed by atoms with Crippen LogP contribution < -0.4 is 5.32 Å². The lowest BCUT2D eigenvalue weighted by Crippen LogP contribution is -2.40. The maximum atomic E-state index is 12.3. The molecular formula is C19H26N4O. The van der Waals surface area contributed by atoms with E-state index in [9.17, 15) is 4.79 Å². The summed E-state index contributed by atoms with van der Waals surface area (Å²) in [5.74, 6) is 0.757. The molecule has 1 amide bonds. The third-order valence-electron chi connectivity index (χ3n) is 4.76. The van der Waals surface area contributed by atoms with Crippen molar-refractivity contribution in [3.63, 3.8) is 0 Å². The molecule has 24 heavy (non-hydrogen) atoms. The molecule has 2 aromatic rings. The highest BCUT2D eigenvalue weighted by atomic mass is 16.2. The van der Waals surface area contributed by atoms with Crippen LogP contribution in [0.25, 0.3) is 0 Å². The molecular weight excluding hydrogens is 300 g/mol. The van der Waals surface area contributed by atoms with E-state index in [2.05, 4.69) is 32.8 Å². The van der Waals surface area contributed by atoms with Crippen molar-refractivity contribution >= 4 is 11.6 Å². The number of aromatic nitrogens is 2. The number of likely N-dealkylation sites (tertiary alicyclic amines) is 1. The molecule has 0 saturated carbocycles. The van der Waals surface area contributed by atoms with Crippen molar-refractivity contribution in [2.45, 2.75) is 33.2 Å². The Balaban J connectivity index is 1.44. The summed E-state index contributed by atoms with van der Waals surface area (Å²) in [6.07, 6.45) is 7.99. The molecule has 1 aromatic carbocycles. The molecule has 0 aliphatic carbocycles. The highest BCUT2D eigenvalue weighted by Gasteiger charge is 2.21. The summed E-state index contributed by atoms with van der Waals surface area (Å²) in [4.78, 5) is 18.6. The van der Waals surface area contributed by atoms with E-state index in [1.165, 1.54) is 5.56 Å². The molecule has 3 rings (SSSR count). The van der Waals surface area contributed by atoms with Crippen LogP contribution in [0.1, 0.15) is 24.0 Å². The maximum Gasteiger partial charge on any atom is 0.238 e. The number of aryl methyl sites for hydroxylation is 2. The summed E-state index contributed by atoms with van der Waals surface area (Å²) < 4.78 is 2.15. The SMILES string of the molecule is Cc1ccc(NC(=O)CN2CCC(Cn3ccnc3)CC2)c(C)c1. The second kappa shape index (κ2) is 7.62. The lowest BCUT2D eigenvalue weighted by atomic mass is 9.97. The van der Waals surface area contributed by atoms with Gasteiger partial charge in [-0.25, -0.2) is 4.98 Å². The molecule has 5 heteroatoms. The molecule has 0 radical (unpaired) electrons. The lowest BCUT2D eigenvalue weighted by Gasteiger charge is -2.31. The summed E-state index contributed by atoms with van der Waals surface area (Å²) in [6, 6.07) is 6.11. The van der Waals surface area contributed by atoms with Crippen LogP contribution in [0.15, 0.2) is 36.9 Å². The van der Waals surface area contributed by atoms with Crippen LogP contribution >= 0.6 is 0 Å². The number of hydrogen-bond donors (Lipinski definition) is 1. The zero-order valence-electron chi connectivity index (χ0n) is 14.5. The minimum Gasteiger partial charge on any atom is -0.337 e. The van der Waals surface area contributed by atoms with Gasteiger partial charge in [0.15, 0.2) is 0 Å². The van der Waals surface area contributed by atoms with E-state index in [0.29, 0.717) is 12.5 Å². The number of rotatable bonds is 5. The molecule has 1 saturated heterocycles. The first-order valence-electron chi connectivity index (χ1n) is 8.65. The normalized spacial score (nSPS) is 16.2. The van der Waals surface area contributed by atoms with Crippen LogP contribution in [0.5, 0.6) is 0 Å². The Morgan fingerprint density at radius 2 is 2.08 bits per heavy atom. The number of anilines is 1. The number of carbonyl (C=O) groups is 1. The first-order valence-corrected chi connectivity index (χ1v) is 8.65. The average molecular weight is 326 g/mol. The topological polar surface area (TPSA) is 50.2 Å². The van der Waals surface area contributed by atoms with Gasteiger partial charge in [-0.1, -0.05) is 17.7 Å². The zero-order chi connectivity index (χ0) is 16.9. The number of benzene rings is 1. The standard InChI is InChI=1S/C19H26N4O/c1-15-3-4-18(16(2)11-15)21-19(24)13-22-8-5-17(6-9-22)12-23-10-7-20-14-23/h3-4,7,10-11,14,17H,5-6,8-9,12-13H2,1-2H3,(H,21,24). The van der Waals surface area contributed by atoms with Gasteiger partial charge in [-0.3, -0.25) is 9.69 Å². The van der Waals surface area contributed by atoms with Gasteiger partial charge in [-0.2, -0.15) is 0 Å². The van der Waals surface area contributed by atoms with Crippen LogP contribution in [0, 0.1) is 19.8 Å². The number of nitrogens with zero attached hydrogens (tertiary/aromatic N) is 3. The van der Waals surface area contributed by atoms with Gasteiger partial charge in [-0.15, -0.1) is 0 Å². The van der Waals surface area contributed by atoms with Crippen molar-refractivity contribution in [2.24, 2.45) is 5.92 Å². The van der Waals surface area contributed by atoms with E-state index >= 15 is 0 Å². The van der Waals surface area contributed by atoms with Gasteiger partial charge in [0, 0.05) is 24.6 Å². The molecule has 1 aliphatic rings. The fourth-order valence-corrected chi connectivity index (χ4v) is 3.37. The van der Waals surface area contributed by atoms with Crippen LogP contribution in [-0.2, 0) is 11.3 Å². The monoisotopic (exact) mass is 326 g/mol. The van der Waals surface area contributed by atoms with Gasteiger partial charge in [-0.05, 0) is 57.3 Å². The second-order valence-corrected chi connectivity index (χ2v) is 6.85. The predicted molar refractivity (Wildman–Crippen MR) is 95.9 cm³/mol. The summed E-state index contributed by atoms with van der Waals surface area (Å²) in [7, 11) is 0. The first-order chi connectivity index (χ1) is 11.6. The van der Waals surface area contributed by atoms with Crippen molar-refractivity contribution in [3.05, 3.63) is 48.0 Å². The van der Waals surface area contributed by atoms with Gasteiger partial charge in [0.05, 0.1) is 12.9 Å². The summed E-state index contributed by atoms with van der Waals surface area (Å²) >= 11 is 0. The summed E-state index contributed by atoms with van der Waals surface area (Å²) in [5, 5.41) is 3.04. The van der Waals surface area contributed by atoms with Crippen molar-refractivity contribution in [2.75, 3.05) is 25.0 Å². The molecule has 1 fully saturated rings. The second-order valence-electron chi connectivity index (χ2n) is 6.85. The third kappa shape index (κ3) is 4.45. The number of nitrogens with one attached hydrogen (secondary N) is 1. The molecule has 1 N–H and O–H groups in total. The van der Waals surface area contributed by atoms with Gasteiger partial charge in [0.25, 0.3) is 0 Å². The van der Waals surface area contributed by atoms with Crippen molar-refractivity contribution in [1.29, 1.82) is 0 Å². The Kier molecular flexibility index (Phi) is 5.30. The fourth-order valence-electron chi connectivity index (χ4n) is 3.37. The van der Waals surface area contributed by atoms with E-state index in [-0.39, 0.29) is 5.91 Å². The third-order valence-corrected chi connectivity index (χ3v) is 4.76. The van der Waals surface area contributed by atoms with E-state index < -0.39 is 0 Å². The Hall–Kier alpha value is -2.14. The van der Waals surface area contributed by atoms with Crippen LogP contribution in [0.4, 0.5) is 5.69 Å². The van der Waals surface area contributed by atoms with Crippen molar-refractivity contribution in [1.82, 2.24) is 14.5 Å². The number of piperidine rings is 1. The molecule has 0 atom stereocenters. The largest absolute Gasteiger partial charge is 0.337 e. The van der Waals surface area contributed by atoms with Gasteiger partial charge in [0.2, 0.25) is 5.91 Å². The summed E-state index contributed by atoms with van der Waals surface area (Å²) in [6.45, 7) is 7.57. The fraction of sp³-hybridized carbons (Fsp3) is 0.474. The van der Waals surface area contributed by atoms with Gasteiger partial charge < -0.3 is 9.88 Å². The summed E-state index contributed by atoms with van der Waals surface area (Å²) in [5.41, 5.74) is 3.24. The predicted octanol–water partition coefficient (Wildman–Crippen LogP) is 2.85. The zero-order valence-corrected chi connectivity index (χ0v) is 14.5. The molecule has 1 aromatic heterocycles. The number of amides is 1. The number of imidazole rings is 1. The van der Waals surface area contributed by atoms with Crippen molar-refractivity contribution < 1.29 is 4.79 Å². The Bertz CT molecular complexity index is 673. The molecule has 1 aliphatic heterocycles. The molecule has 0 unspecified atom stereocenters. The Labute approximate surface area is 143 Å². The quantitative estimate of drug-likeness (QED) is 0.919. The van der Waals surface area contributed by atoms with E-state index in [0.717, 1.165) is 43.7 Å². The maximum absolute atomic E-state index is 12.3. The van der Waals surface area contributed by atoms with E-state index in [4.69, 9.17) is 0 Å². The lowest BCUT2D eigenvalue weighted by molar-refractivity contribution is -0.117. The minimum atomic E-state index is 0.0787. The number of hydrogen-bond acceptors (Lipinski definition) is 3. The molecule has 128 valence electrons. The smallest absolute Gasteiger partial charge is 0.238 e. The highest BCUT2D eigenvalue weighted by Crippen LogP contribution is 2.20. The molecule has 0 bridgehead atoms. The Morgan fingerprint density at radius 3 is 2.75 bits per heavy atom. The van der Waals surface area contributed by atoms with Gasteiger partial charge >= 0.3 is 0 Å². The van der Waals surface area contributed by atoms with Gasteiger partial charge in [0.1, 0.15) is 0 Å². The highest BCUT2D eigenvalue weighted by molar-refractivity contribution is 5.93. The van der Waals surface area contributed by atoms with Crippen LogP contribution in [0.3, 0.4) is 0 Å². The van der Waals surface area contributed by atoms with Crippen LogP contribution in [0.2, 0.25) is 0 Å². The molecule has 5 nitrogen and oxygen atoms in total. The minimum absolute atomic E-state index is 0.0787. The van der Waals surface area contributed by atoms with Crippen LogP contribution in [-0.4, -0.2) is 40.0 Å². The van der Waals surface area contributed by atoms with Crippen molar-refractivity contribution in [3.8, 4) is 0 Å². The van der Waals surface area contributed by atoms with E-state index in [1.54, 1.807) is 0 Å². The molecule has 2 heterocycles. The molecule has 0 spiro atoms. The average Bonchev–Trinajstić information content (AvgIpc) is 3.05. The first kappa shape index (κ1) is 16.7. The Morgan fingerprint density at radius 1 is 1.29 bits per heavy atom.